The van der Waals surface area contributed by atoms with Gasteiger partial charge >= 0.3 is 12.1 Å². The third kappa shape index (κ3) is 3.34. The lowest BCUT2D eigenvalue weighted by atomic mass is 10.2. The Morgan fingerprint density at radius 2 is 2.05 bits per heavy atom. The summed E-state index contributed by atoms with van der Waals surface area (Å²) in [6, 6.07) is 3.00. The molecule has 1 aromatic carbocycles. The minimum atomic E-state index is -4.44. The van der Waals surface area contributed by atoms with Gasteiger partial charge in [-0.05, 0) is 37.0 Å². The van der Waals surface area contributed by atoms with E-state index >= 15 is 0 Å². The van der Waals surface area contributed by atoms with Crippen LogP contribution in [0, 0.1) is 5.92 Å². The average Bonchev–Trinajstić information content (AvgIpc) is 3.09. The fraction of sp³-hybridized carbons (Fsp3) is 0.417. The normalized spacial score (nSPS) is 17.2. The summed E-state index contributed by atoms with van der Waals surface area (Å²) < 4.78 is 37.4. The molecule has 1 unspecified atom stereocenters. The molecule has 0 saturated heterocycles. The average molecular weight is 291 g/mol. The van der Waals surface area contributed by atoms with Crippen LogP contribution in [-0.4, -0.2) is 16.3 Å². The van der Waals surface area contributed by atoms with Crippen molar-refractivity contribution < 1.29 is 23.1 Å². The number of hydrogen-bond acceptors (Lipinski definition) is 3. The lowest BCUT2D eigenvalue weighted by molar-refractivity contribution is -0.138. The van der Waals surface area contributed by atoms with E-state index in [0.717, 1.165) is 36.7 Å². The molecule has 1 atom stereocenters. The Bertz CT molecular complexity index is 500. The van der Waals surface area contributed by atoms with Crippen molar-refractivity contribution in [2.45, 2.75) is 29.2 Å². The molecule has 104 valence electrons. The van der Waals surface area contributed by atoms with E-state index < -0.39 is 23.0 Å². The van der Waals surface area contributed by atoms with E-state index in [1.54, 1.807) is 0 Å². The van der Waals surface area contributed by atoms with Crippen molar-refractivity contribution in [1.82, 2.24) is 0 Å². The summed E-state index contributed by atoms with van der Waals surface area (Å²) in [5.41, 5.74) is 4.71. The van der Waals surface area contributed by atoms with Crippen LogP contribution >= 0.6 is 11.8 Å². The van der Waals surface area contributed by atoms with E-state index in [0.29, 0.717) is 4.90 Å². The maximum atomic E-state index is 12.5. The lowest BCUT2D eigenvalue weighted by Crippen LogP contribution is -2.18. The summed E-state index contributed by atoms with van der Waals surface area (Å²) in [6.45, 7) is 0. The quantitative estimate of drug-likeness (QED) is 0.660. The van der Waals surface area contributed by atoms with Gasteiger partial charge in [0.05, 0.1) is 5.56 Å². The number of rotatable bonds is 4. The van der Waals surface area contributed by atoms with Crippen molar-refractivity contribution in [3.63, 3.8) is 0 Å². The molecule has 19 heavy (non-hydrogen) atoms. The molecular formula is C12H12F3NO2S. The zero-order valence-corrected chi connectivity index (χ0v) is 10.6. The largest absolute Gasteiger partial charge is 0.480 e. The van der Waals surface area contributed by atoms with Crippen molar-refractivity contribution in [2.75, 3.05) is 5.73 Å². The molecule has 1 aliphatic rings. The molecule has 1 saturated carbocycles. The van der Waals surface area contributed by atoms with Crippen LogP contribution in [0.15, 0.2) is 23.1 Å². The van der Waals surface area contributed by atoms with E-state index in [2.05, 4.69) is 0 Å². The number of hydrogen-bond donors (Lipinski definition) is 2. The van der Waals surface area contributed by atoms with Crippen molar-refractivity contribution >= 4 is 23.4 Å². The van der Waals surface area contributed by atoms with E-state index in [1.165, 1.54) is 6.07 Å². The zero-order chi connectivity index (χ0) is 14.2. The first-order valence-electron chi connectivity index (χ1n) is 5.65. The Morgan fingerprint density at radius 1 is 1.42 bits per heavy atom. The van der Waals surface area contributed by atoms with E-state index in [9.17, 15) is 18.0 Å². The number of nitrogen functional groups attached to an aromatic ring is 1. The minimum absolute atomic E-state index is 0.0354. The number of thioether (sulfide) groups is 1. The highest BCUT2D eigenvalue weighted by Crippen LogP contribution is 2.44. The second-order valence-electron chi connectivity index (χ2n) is 4.46. The Hall–Kier alpha value is -1.37. The van der Waals surface area contributed by atoms with Gasteiger partial charge in [-0.3, -0.25) is 4.79 Å². The molecule has 0 spiro atoms. The van der Waals surface area contributed by atoms with Gasteiger partial charge in [-0.1, -0.05) is 0 Å². The van der Waals surface area contributed by atoms with Crippen molar-refractivity contribution in [3.05, 3.63) is 23.8 Å². The predicted molar refractivity (Wildman–Crippen MR) is 65.9 cm³/mol. The third-order valence-electron chi connectivity index (χ3n) is 2.88. The molecule has 1 fully saturated rings. The minimum Gasteiger partial charge on any atom is -0.480 e. The zero-order valence-electron chi connectivity index (χ0n) is 9.78. The van der Waals surface area contributed by atoms with Crippen LogP contribution in [0.2, 0.25) is 0 Å². The molecule has 0 heterocycles. The Labute approximate surface area is 112 Å². The number of carboxylic acids is 1. The van der Waals surface area contributed by atoms with Crippen LogP contribution in [0.5, 0.6) is 0 Å². The third-order valence-corrected chi connectivity index (χ3v) is 4.35. The first kappa shape index (κ1) is 14.0. The highest BCUT2D eigenvalue weighted by Gasteiger charge is 2.37. The molecule has 0 amide bonds. The summed E-state index contributed by atoms with van der Waals surface area (Å²) in [7, 11) is 0. The molecule has 0 aromatic heterocycles. The molecule has 3 N–H and O–H groups in total. The maximum absolute atomic E-state index is 12.5. The van der Waals surface area contributed by atoms with Gasteiger partial charge in [-0.25, -0.2) is 0 Å². The van der Waals surface area contributed by atoms with E-state index in [-0.39, 0.29) is 11.6 Å². The van der Waals surface area contributed by atoms with E-state index in [4.69, 9.17) is 10.8 Å². The number of benzene rings is 1. The molecule has 0 bridgehead atoms. The summed E-state index contributed by atoms with van der Waals surface area (Å²) in [5.74, 6) is -0.865. The molecule has 2 rings (SSSR count). The van der Waals surface area contributed by atoms with Crippen LogP contribution in [0.25, 0.3) is 0 Å². The second kappa shape index (κ2) is 4.96. The van der Waals surface area contributed by atoms with Crippen molar-refractivity contribution in [1.29, 1.82) is 0 Å². The highest BCUT2D eigenvalue weighted by atomic mass is 32.2. The smallest absolute Gasteiger partial charge is 0.416 e. The lowest BCUT2D eigenvalue weighted by Gasteiger charge is -2.14. The van der Waals surface area contributed by atoms with Crippen LogP contribution < -0.4 is 5.73 Å². The van der Waals surface area contributed by atoms with Gasteiger partial charge in [0.2, 0.25) is 0 Å². The second-order valence-corrected chi connectivity index (χ2v) is 5.65. The van der Waals surface area contributed by atoms with Crippen molar-refractivity contribution in [3.8, 4) is 0 Å². The number of carboxylic acid groups (broad SMARTS) is 1. The van der Waals surface area contributed by atoms with Crippen LogP contribution in [0.4, 0.5) is 18.9 Å². The fourth-order valence-corrected chi connectivity index (χ4v) is 2.90. The number of carbonyl (C=O) groups is 1. The van der Waals surface area contributed by atoms with Crippen molar-refractivity contribution in [2.24, 2.45) is 5.92 Å². The van der Waals surface area contributed by atoms with Gasteiger partial charge in [0, 0.05) is 10.6 Å². The van der Waals surface area contributed by atoms with Gasteiger partial charge in [-0.15, -0.1) is 11.8 Å². The molecule has 7 heteroatoms. The topological polar surface area (TPSA) is 63.3 Å². The number of halogens is 3. The summed E-state index contributed by atoms with van der Waals surface area (Å²) in [5, 5.41) is 8.44. The van der Waals surface area contributed by atoms with Gasteiger partial charge in [0.25, 0.3) is 0 Å². The standard InChI is InChI=1S/C12H12F3NO2S/c13-12(14,15)7-3-4-9(8(16)5-7)19-10(11(17)18)6-1-2-6/h3-6,10H,1-2,16H2,(H,17,18). The first-order valence-corrected chi connectivity index (χ1v) is 6.53. The number of aliphatic carboxylic acids is 1. The van der Waals surface area contributed by atoms with Gasteiger partial charge in [-0.2, -0.15) is 13.2 Å². The molecular weight excluding hydrogens is 279 g/mol. The first-order chi connectivity index (χ1) is 8.79. The highest BCUT2D eigenvalue weighted by molar-refractivity contribution is 8.00. The Morgan fingerprint density at radius 3 is 2.47 bits per heavy atom. The van der Waals surface area contributed by atoms with Crippen LogP contribution in [-0.2, 0) is 11.0 Å². The van der Waals surface area contributed by atoms with Gasteiger partial charge < -0.3 is 10.8 Å². The van der Waals surface area contributed by atoms with E-state index in [1.807, 2.05) is 0 Å². The van der Waals surface area contributed by atoms with Crippen LogP contribution in [0.1, 0.15) is 18.4 Å². The number of nitrogens with two attached hydrogens (primary N) is 1. The molecule has 1 aliphatic carbocycles. The Balaban J connectivity index is 2.19. The monoisotopic (exact) mass is 291 g/mol. The summed E-state index contributed by atoms with van der Waals surface area (Å²) in [6.07, 6.45) is -2.77. The molecule has 0 radical (unpaired) electrons. The summed E-state index contributed by atoms with van der Waals surface area (Å²) in [4.78, 5) is 11.5. The van der Waals surface area contributed by atoms with Gasteiger partial charge in [0.15, 0.2) is 0 Å². The molecule has 1 aromatic rings. The number of alkyl halides is 3. The molecule has 3 nitrogen and oxygen atoms in total. The SMILES string of the molecule is Nc1cc(C(F)(F)F)ccc1SC(C(=O)O)C1CC1. The van der Waals surface area contributed by atoms with Crippen LogP contribution in [0.3, 0.4) is 0 Å². The van der Waals surface area contributed by atoms with Gasteiger partial charge in [0.1, 0.15) is 5.25 Å². The number of anilines is 1. The Kier molecular flexibility index (Phi) is 3.66. The summed E-state index contributed by atoms with van der Waals surface area (Å²) >= 11 is 1.02. The fourth-order valence-electron chi connectivity index (χ4n) is 1.72. The maximum Gasteiger partial charge on any atom is 0.416 e. The predicted octanol–water partition coefficient (Wildman–Crippen LogP) is 3.24. The molecule has 0 aliphatic heterocycles.